The zero-order valence-electron chi connectivity index (χ0n) is 13.2. The zero-order valence-corrected chi connectivity index (χ0v) is 13.2. The molecule has 0 aliphatic heterocycles. The molecule has 0 aliphatic carbocycles. The molecule has 25 heavy (non-hydrogen) atoms. The first kappa shape index (κ1) is 15.3. The number of hydrogen-bond donors (Lipinski definition) is 1. The van der Waals surface area contributed by atoms with Crippen molar-refractivity contribution in [1.29, 1.82) is 0 Å². The Morgan fingerprint density at radius 3 is 2.60 bits per heavy atom. The maximum Gasteiger partial charge on any atom is 0.351 e. The summed E-state index contributed by atoms with van der Waals surface area (Å²) >= 11 is 0. The highest BCUT2D eigenvalue weighted by atomic mass is 19.1. The average Bonchev–Trinajstić information content (AvgIpc) is 2.89. The average molecular weight is 341 g/mol. The van der Waals surface area contributed by atoms with Crippen molar-refractivity contribution >= 4 is 22.5 Å². The van der Waals surface area contributed by atoms with Gasteiger partial charge in [0.15, 0.2) is 5.82 Å². The first-order chi connectivity index (χ1) is 12.0. The molecule has 0 saturated carbocycles. The van der Waals surface area contributed by atoms with Crippen LogP contribution < -0.4 is 11.4 Å². The largest absolute Gasteiger partial charge is 0.381 e. The van der Waals surface area contributed by atoms with Crippen LogP contribution in [0.2, 0.25) is 0 Å². The molecule has 0 aliphatic rings. The molecule has 0 bridgehead atoms. The van der Waals surface area contributed by atoms with Gasteiger partial charge in [0.2, 0.25) is 5.65 Å². The van der Waals surface area contributed by atoms with Crippen LogP contribution >= 0.6 is 0 Å². The monoisotopic (exact) mass is 341 g/mol. The first-order valence-electron chi connectivity index (χ1n) is 7.54. The number of anilines is 1. The highest BCUT2D eigenvalue weighted by Crippen LogP contribution is 2.19. The van der Waals surface area contributed by atoms with Gasteiger partial charge < -0.3 is 5.73 Å². The predicted molar refractivity (Wildman–Crippen MR) is 89.4 cm³/mol. The zero-order chi connectivity index (χ0) is 17.7. The van der Waals surface area contributed by atoms with E-state index in [4.69, 9.17) is 5.73 Å². The van der Waals surface area contributed by atoms with Crippen LogP contribution in [0, 0.1) is 18.6 Å². The number of aryl methyl sites for hydroxylation is 1. The minimum Gasteiger partial charge on any atom is -0.381 e. The summed E-state index contributed by atoms with van der Waals surface area (Å²) in [4.78, 5) is 17.0. The van der Waals surface area contributed by atoms with Gasteiger partial charge in [-0.1, -0.05) is 12.1 Å². The third-order valence-electron chi connectivity index (χ3n) is 4.05. The molecule has 4 rings (SSSR count). The second-order valence-corrected chi connectivity index (χ2v) is 5.79. The molecule has 4 aromatic rings. The van der Waals surface area contributed by atoms with Crippen LogP contribution in [0.5, 0.6) is 0 Å². The number of nitrogen functional groups attached to an aromatic ring is 1. The molecule has 0 radical (unpaired) electrons. The quantitative estimate of drug-likeness (QED) is 0.607. The third kappa shape index (κ3) is 2.34. The fraction of sp³-hybridized carbons (Fsp3) is 0.118. The van der Waals surface area contributed by atoms with Gasteiger partial charge in [-0.25, -0.2) is 27.6 Å². The lowest BCUT2D eigenvalue weighted by atomic mass is 10.2. The lowest BCUT2D eigenvalue weighted by Crippen LogP contribution is -2.23. The van der Waals surface area contributed by atoms with E-state index in [-0.39, 0.29) is 23.6 Å². The summed E-state index contributed by atoms with van der Waals surface area (Å²) in [7, 11) is 0. The van der Waals surface area contributed by atoms with Crippen LogP contribution in [0.3, 0.4) is 0 Å². The highest BCUT2D eigenvalue weighted by Gasteiger charge is 2.17. The van der Waals surface area contributed by atoms with Crippen molar-refractivity contribution < 1.29 is 8.78 Å². The second-order valence-electron chi connectivity index (χ2n) is 5.79. The Kier molecular flexibility index (Phi) is 3.28. The van der Waals surface area contributed by atoms with Crippen LogP contribution in [0.1, 0.15) is 11.1 Å². The molecule has 6 nitrogen and oxygen atoms in total. The molecule has 0 spiro atoms. The summed E-state index contributed by atoms with van der Waals surface area (Å²) in [6.07, 6.45) is 0. The number of fused-ring (bicyclic) bond motifs is 3. The van der Waals surface area contributed by atoms with Gasteiger partial charge in [-0.15, -0.1) is 5.10 Å². The summed E-state index contributed by atoms with van der Waals surface area (Å²) in [5, 5.41) is 4.11. The maximum atomic E-state index is 13.9. The van der Waals surface area contributed by atoms with Gasteiger partial charge in [0.1, 0.15) is 11.6 Å². The van der Waals surface area contributed by atoms with Crippen LogP contribution in [0.25, 0.3) is 16.7 Å². The lowest BCUT2D eigenvalue weighted by molar-refractivity contribution is 0.528. The summed E-state index contributed by atoms with van der Waals surface area (Å²) in [6, 6.07) is 8.89. The molecule has 126 valence electrons. The molecule has 2 aromatic carbocycles. The number of aromatic nitrogens is 4. The predicted octanol–water partition coefficient (Wildman–Crippen LogP) is 2.26. The van der Waals surface area contributed by atoms with Gasteiger partial charge in [0.05, 0.1) is 17.6 Å². The van der Waals surface area contributed by atoms with Crippen LogP contribution in [0.15, 0.2) is 41.2 Å². The van der Waals surface area contributed by atoms with E-state index in [9.17, 15) is 13.6 Å². The fourth-order valence-corrected chi connectivity index (χ4v) is 2.82. The molecule has 0 amide bonds. The van der Waals surface area contributed by atoms with Crippen molar-refractivity contribution in [2.45, 2.75) is 13.5 Å². The molecule has 0 fully saturated rings. The van der Waals surface area contributed by atoms with Gasteiger partial charge in [-0.3, -0.25) is 0 Å². The minimum absolute atomic E-state index is 0.0722. The SMILES string of the molecule is Cc1ccc2c(c1)nc(N)c1nn(Cc3c(F)cccc3F)c(=O)n12. The van der Waals surface area contributed by atoms with E-state index in [0.29, 0.717) is 11.0 Å². The van der Waals surface area contributed by atoms with Crippen molar-refractivity contribution in [3.05, 3.63) is 69.6 Å². The Morgan fingerprint density at radius 1 is 1.16 bits per heavy atom. The fourth-order valence-electron chi connectivity index (χ4n) is 2.82. The van der Waals surface area contributed by atoms with Gasteiger partial charge >= 0.3 is 5.69 Å². The summed E-state index contributed by atoms with van der Waals surface area (Å²) in [5.41, 5.74) is 7.32. The summed E-state index contributed by atoms with van der Waals surface area (Å²) < 4.78 is 30.0. The third-order valence-corrected chi connectivity index (χ3v) is 4.05. The Morgan fingerprint density at radius 2 is 1.88 bits per heavy atom. The van der Waals surface area contributed by atoms with Crippen molar-refractivity contribution in [1.82, 2.24) is 19.2 Å². The van der Waals surface area contributed by atoms with E-state index in [2.05, 4.69) is 10.1 Å². The molecular weight excluding hydrogens is 328 g/mol. The number of nitrogens with zero attached hydrogens (tertiary/aromatic N) is 4. The summed E-state index contributed by atoms with van der Waals surface area (Å²) in [5.74, 6) is -1.41. The minimum atomic E-state index is -0.740. The topological polar surface area (TPSA) is 78.2 Å². The Bertz CT molecular complexity index is 1180. The number of hydrogen-bond acceptors (Lipinski definition) is 4. The van der Waals surface area contributed by atoms with Crippen LogP contribution in [0.4, 0.5) is 14.6 Å². The van der Waals surface area contributed by atoms with E-state index < -0.39 is 17.3 Å². The molecule has 2 aromatic heterocycles. The van der Waals surface area contributed by atoms with Crippen molar-refractivity contribution in [2.75, 3.05) is 5.73 Å². The molecule has 0 atom stereocenters. The molecule has 2 heterocycles. The van der Waals surface area contributed by atoms with E-state index in [1.54, 1.807) is 12.1 Å². The number of nitrogens with two attached hydrogens (primary N) is 1. The summed E-state index contributed by atoms with van der Waals surface area (Å²) in [6.45, 7) is 1.56. The van der Waals surface area contributed by atoms with Crippen molar-refractivity contribution in [3.8, 4) is 0 Å². The normalized spacial score (nSPS) is 11.5. The number of halogens is 2. The molecule has 2 N–H and O–H groups in total. The van der Waals surface area contributed by atoms with Gasteiger partial charge in [0.25, 0.3) is 0 Å². The van der Waals surface area contributed by atoms with E-state index in [1.807, 2.05) is 13.0 Å². The van der Waals surface area contributed by atoms with E-state index in [1.165, 1.54) is 10.5 Å². The van der Waals surface area contributed by atoms with Crippen LogP contribution in [-0.2, 0) is 6.54 Å². The van der Waals surface area contributed by atoms with Gasteiger partial charge in [-0.2, -0.15) is 0 Å². The van der Waals surface area contributed by atoms with E-state index >= 15 is 0 Å². The van der Waals surface area contributed by atoms with E-state index in [0.717, 1.165) is 22.4 Å². The van der Waals surface area contributed by atoms with Gasteiger partial charge in [-0.05, 0) is 36.8 Å². The Labute approximate surface area is 140 Å². The smallest absolute Gasteiger partial charge is 0.351 e. The van der Waals surface area contributed by atoms with Gasteiger partial charge in [0, 0.05) is 5.56 Å². The first-order valence-corrected chi connectivity index (χ1v) is 7.54. The molecule has 0 saturated heterocycles. The Balaban J connectivity index is 1.98. The number of rotatable bonds is 2. The number of benzene rings is 2. The van der Waals surface area contributed by atoms with Crippen LogP contribution in [-0.4, -0.2) is 19.2 Å². The van der Waals surface area contributed by atoms with Crippen molar-refractivity contribution in [3.63, 3.8) is 0 Å². The molecular formula is C17H13F2N5O. The molecule has 8 heteroatoms. The maximum absolute atomic E-state index is 13.9. The second kappa shape index (κ2) is 5.37. The highest BCUT2D eigenvalue weighted by molar-refractivity contribution is 5.82. The lowest BCUT2D eigenvalue weighted by Gasteiger charge is -2.03. The Hall–Kier alpha value is -3.29. The standard InChI is InChI=1S/C17H13F2N5O/c1-9-5-6-14-13(7-9)21-15(20)16-22-23(17(25)24(14)16)8-10-11(18)3-2-4-12(10)19/h2-7H,8H2,1H3,(H2,20,21). The molecule has 0 unspecified atom stereocenters. The van der Waals surface area contributed by atoms with Crippen molar-refractivity contribution in [2.24, 2.45) is 0 Å².